The van der Waals surface area contributed by atoms with Gasteiger partial charge < -0.3 is 24.1 Å². The topological polar surface area (TPSA) is 71.9 Å². The first kappa shape index (κ1) is 23.9. The monoisotopic (exact) mass is 491 g/mol. The van der Waals surface area contributed by atoms with Gasteiger partial charge in [0.15, 0.2) is 0 Å². The number of ether oxygens (including phenoxy) is 1. The van der Waals surface area contributed by atoms with Crippen molar-refractivity contribution in [3.05, 3.63) is 88.0 Å². The molecular formula is C24H21ClF3N3O3. The zero-order chi connectivity index (χ0) is 24.5. The van der Waals surface area contributed by atoms with E-state index in [-0.39, 0.29) is 19.0 Å². The second-order valence-electron chi connectivity index (χ2n) is 7.66. The van der Waals surface area contributed by atoms with Gasteiger partial charge in [0.2, 0.25) is 5.62 Å². The van der Waals surface area contributed by atoms with E-state index in [1.165, 1.54) is 24.3 Å². The van der Waals surface area contributed by atoms with Gasteiger partial charge in [-0.1, -0.05) is 35.9 Å². The van der Waals surface area contributed by atoms with Gasteiger partial charge in [-0.05, 0) is 47.5 Å². The number of rotatable bonds is 6. The van der Waals surface area contributed by atoms with Crippen molar-refractivity contribution in [1.29, 1.82) is 0 Å². The number of nitrogens with zero attached hydrogens (tertiary/aromatic N) is 3. The number of aliphatic hydroxyl groups excluding tert-OH is 2. The molecule has 178 valence electrons. The number of hydrogen-bond donors (Lipinski definition) is 2. The highest BCUT2D eigenvalue weighted by atomic mass is 35.5. The predicted octanol–water partition coefficient (Wildman–Crippen LogP) is 4.80. The van der Waals surface area contributed by atoms with E-state index in [0.717, 1.165) is 22.2 Å². The number of alkyl halides is 3. The highest BCUT2D eigenvalue weighted by molar-refractivity contribution is 6.31. The lowest BCUT2D eigenvalue weighted by molar-refractivity contribution is -0.274. The third-order valence-corrected chi connectivity index (χ3v) is 5.54. The molecule has 4 aromatic rings. The third-order valence-electron chi connectivity index (χ3n) is 5.32. The minimum Gasteiger partial charge on any atom is -0.406 e. The van der Waals surface area contributed by atoms with Crippen molar-refractivity contribution in [2.75, 3.05) is 0 Å². The molecule has 34 heavy (non-hydrogen) atoms. The van der Waals surface area contributed by atoms with E-state index < -0.39 is 6.36 Å². The van der Waals surface area contributed by atoms with Crippen molar-refractivity contribution in [1.82, 2.24) is 9.13 Å². The molecule has 0 aliphatic carbocycles. The van der Waals surface area contributed by atoms with E-state index in [2.05, 4.69) is 9.73 Å². The quantitative estimate of drug-likeness (QED) is 0.407. The molecule has 0 amide bonds. The van der Waals surface area contributed by atoms with Crippen molar-refractivity contribution >= 4 is 28.3 Å². The Morgan fingerprint density at radius 2 is 1.59 bits per heavy atom. The number of aryl methyl sites for hydroxylation is 1. The van der Waals surface area contributed by atoms with Crippen LogP contribution in [0, 0.1) is 0 Å². The van der Waals surface area contributed by atoms with Gasteiger partial charge >= 0.3 is 6.36 Å². The highest BCUT2D eigenvalue weighted by Gasteiger charge is 2.31. The lowest BCUT2D eigenvalue weighted by Gasteiger charge is -2.09. The summed E-state index contributed by atoms with van der Waals surface area (Å²) in [6.07, 6.45) is -4.77. The molecule has 0 saturated carbocycles. The van der Waals surface area contributed by atoms with Gasteiger partial charge in [-0.3, -0.25) is 0 Å². The molecule has 0 atom stereocenters. The highest BCUT2D eigenvalue weighted by Crippen LogP contribution is 2.26. The Hall–Kier alpha value is -3.27. The average Bonchev–Trinajstić information content (AvgIpc) is 3.05. The number of fused-ring (bicyclic) bond motifs is 1. The van der Waals surface area contributed by atoms with Crippen LogP contribution in [-0.4, -0.2) is 25.7 Å². The number of hydrogen-bond acceptors (Lipinski definition) is 4. The summed E-state index contributed by atoms with van der Waals surface area (Å²) in [5.74, 6) is -0.338. The van der Waals surface area contributed by atoms with Gasteiger partial charge in [-0.15, -0.1) is 13.2 Å². The van der Waals surface area contributed by atoms with Crippen molar-refractivity contribution < 1.29 is 28.1 Å². The van der Waals surface area contributed by atoms with Gasteiger partial charge in [0.1, 0.15) is 5.75 Å². The fourth-order valence-corrected chi connectivity index (χ4v) is 4.04. The van der Waals surface area contributed by atoms with Crippen LogP contribution in [0.15, 0.2) is 65.7 Å². The lowest BCUT2D eigenvalue weighted by Crippen LogP contribution is -2.24. The van der Waals surface area contributed by atoms with E-state index >= 15 is 0 Å². The van der Waals surface area contributed by atoms with Gasteiger partial charge in [-0.2, -0.15) is 0 Å². The maximum atomic E-state index is 12.5. The van der Waals surface area contributed by atoms with E-state index in [1.54, 1.807) is 23.7 Å². The molecule has 0 radical (unpaired) electrons. The lowest BCUT2D eigenvalue weighted by atomic mass is 10.1. The van der Waals surface area contributed by atoms with Crippen LogP contribution in [0.2, 0.25) is 5.02 Å². The second-order valence-corrected chi connectivity index (χ2v) is 8.10. The van der Waals surface area contributed by atoms with Crippen molar-refractivity contribution in [2.45, 2.75) is 26.1 Å². The van der Waals surface area contributed by atoms with Gasteiger partial charge in [0.05, 0.1) is 36.5 Å². The average molecular weight is 492 g/mol. The summed E-state index contributed by atoms with van der Waals surface area (Å²) in [6.45, 7) is 0.108. The largest absolute Gasteiger partial charge is 0.573 e. The first-order valence-corrected chi connectivity index (χ1v) is 10.6. The summed E-state index contributed by atoms with van der Waals surface area (Å²) < 4.78 is 45.1. The van der Waals surface area contributed by atoms with Crippen molar-refractivity contribution in [3.63, 3.8) is 0 Å². The molecule has 2 N–H and O–H groups in total. The number of aliphatic hydroxyl groups is 2. The maximum Gasteiger partial charge on any atom is 0.573 e. The zero-order valence-electron chi connectivity index (χ0n) is 18.1. The summed E-state index contributed by atoms with van der Waals surface area (Å²) in [5.41, 5.74) is 4.72. The van der Waals surface area contributed by atoms with Gasteiger partial charge in [0, 0.05) is 17.6 Å². The van der Waals surface area contributed by atoms with E-state index in [0.29, 0.717) is 28.4 Å². The SMILES string of the molecule is Cn1/c(=N/c2ccc(OC(F)(F)F)cc2)n(Cc2ccc(CO)cc2)c2cc(Cl)cc(CO)c21. The zero-order valence-corrected chi connectivity index (χ0v) is 18.8. The molecule has 0 fully saturated rings. The van der Waals surface area contributed by atoms with Crippen LogP contribution in [0.3, 0.4) is 0 Å². The number of aromatic nitrogens is 2. The molecule has 4 rings (SSSR count). The number of imidazole rings is 1. The summed E-state index contributed by atoms with van der Waals surface area (Å²) in [4.78, 5) is 4.67. The van der Waals surface area contributed by atoms with Crippen LogP contribution in [-0.2, 0) is 26.8 Å². The van der Waals surface area contributed by atoms with Crippen molar-refractivity contribution in [2.24, 2.45) is 12.0 Å². The molecular weight excluding hydrogens is 471 g/mol. The Balaban J connectivity index is 1.87. The molecule has 0 spiro atoms. The van der Waals surface area contributed by atoms with E-state index in [4.69, 9.17) is 11.6 Å². The maximum absolute atomic E-state index is 12.5. The van der Waals surface area contributed by atoms with E-state index in [1.807, 2.05) is 28.8 Å². The summed E-state index contributed by atoms with van der Waals surface area (Å²) in [5, 5.41) is 19.7. The second kappa shape index (κ2) is 9.54. The molecule has 0 aliphatic heterocycles. The van der Waals surface area contributed by atoms with E-state index in [9.17, 15) is 23.4 Å². The third kappa shape index (κ3) is 5.11. The van der Waals surface area contributed by atoms with Crippen LogP contribution in [0.4, 0.5) is 18.9 Å². The molecule has 0 saturated heterocycles. The molecule has 0 aliphatic rings. The van der Waals surface area contributed by atoms with Gasteiger partial charge in [0.25, 0.3) is 0 Å². The number of benzene rings is 3. The van der Waals surface area contributed by atoms with Crippen LogP contribution in [0.5, 0.6) is 5.75 Å². The standard InChI is InChI=1S/C24H21ClF3N3O3/c1-30-22-17(14-33)10-18(25)11-21(22)31(12-15-2-4-16(13-32)5-3-15)23(30)29-19-6-8-20(9-7-19)34-24(26,27)28/h2-11,32-33H,12-14H2,1H3/b29-23-. The Labute approximate surface area is 197 Å². The van der Waals surface area contributed by atoms with Crippen molar-refractivity contribution in [3.8, 4) is 5.75 Å². The number of halogens is 4. The minimum absolute atomic E-state index is 0.0637. The first-order valence-electron chi connectivity index (χ1n) is 10.3. The minimum atomic E-state index is -4.77. The normalized spacial score (nSPS) is 12.5. The Morgan fingerprint density at radius 1 is 0.941 bits per heavy atom. The van der Waals surface area contributed by atoms with Crippen LogP contribution in [0.25, 0.3) is 11.0 Å². The summed E-state index contributed by atoms with van der Waals surface area (Å²) in [6, 6.07) is 16.1. The molecule has 10 heteroatoms. The Morgan fingerprint density at radius 3 is 2.18 bits per heavy atom. The molecule has 0 bridgehead atoms. The predicted molar refractivity (Wildman–Crippen MR) is 122 cm³/mol. The van der Waals surface area contributed by atoms with Crippen LogP contribution >= 0.6 is 11.6 Å². The first-order chi connectivity index (χ1) is 16.2. The molecule has 1 aromatic heterocycles. The molecule has 1 heterocycles. The van der Waals surface area contributed by atoms with Crippen LogP contribution < -0.4 is 10.4 Å². The fraction of sp³-hybridized carbons (Fsp3) is 0.208. The fourth-order valence-electron chi connectivity index (χ4n) is 3.80. The van der Waals surface area contributed by atoms with Crippen LogP contribution in [0.1, 0.15) is 16.7 Å². The Bertz CT molecular complexity index is 1380. The smallest absolute Gasteiger partial charge is 0.406 e. The van der Waals surface area contributed by atoms with Gasteiger partial charge in [-0.25, -0.2) is 4.99 Å². The molecule has 6 nitrogen and oxygen atoms in total. The summed E-state index contributed by atoms with van der Waals surface area (Å²) >= 11 is 6.31. The molecule has 0 unspecified atom stereocenters. The Kier molecular flexibility index (Phi) is 6.70. The molecule has 3 aromatic carbocycles. The summed E-state index contributed by atoms with van der Waals surface area (Å²) in [7, 11) is 1.79.